The molecule has 132 valence electrons. The number of nitrogens with one attached hydrogen (secondary N) is 1. The van der Waals surface area contributed by atoms with E-state index < -0.39 is 17.5 Å². The van der Waals surface area contributed by atoms with Gasteiger partial charge in [0, 0.05) is 0 Å². The van der Waals surface area contributed by atoms with Crippen molar-refractivity contribution in [2.75, 3.05) is 0 Å². The van der Waals surface area contributed by atoms with Crippen LogP contribution in [0, 0.1) is 11.6 Å². The fourth-order valence-electron chi connectivity index (χ4n) is 2.38. The van der Waals surface area contributed by atoms with Crippen molar-refractivity contribution in [2.45, 2.75) is 13.0 Å². The maximum Gasteiger partial charge on any atom is 0.257 e. The normalized spacial score (nSPS) is 11.7. The number of carbonyl (C=O) groups excluding carboxylic acids is 1. The van der Waals surface area contributed by atoms with Crippen molar-refractivity contribution >= 4 is 5.91 Å². The second kappa shape index (κ2) is 7.74. The van der Waals surface area contributed by atoms with E-state index in [1.807, 2.05) is 37.3 Å². The van der Waals surface area contributed by atoms with E-state index in [4.69, 9.17) is 4.74 Å². The van der Waals surface area contributed by atoms with Crippen molar-refractivity contribution in [3.63, 3.8) is 0 Å². The molecule has 0 bridgehead atoms. The van der Waals surface area contributed by atoms with E-state index in [1.54, 1.807) is 0 Å². The molecule has 26 heavy (non-hydrogen) atoms. The summed E-state index contributed by atoms with van der Waals surface area (Å²) in [5.74, 6) is -1.37. The molecule has 0 spiro atoms. The smallest absolute Gasteiger partial charge is 0.257 e. The van der Waals surface area contributed by atoms with Gasteiger partial charge >= 0.3 is 0 Å². The van der Waals surface area contributed by atoms with Crippen LogP contribution in [0.25, 0.3) is 0 Å². The lowest BCUT2D eigenvalue weighted by molar-refractivity contribution is 0.0936. The van der Waals surface area contributed by atoms with Gasteiger partial charge in [0.15, 0.2) is 0 Å². The first-order valence-corrected chi connectivity index (χ1v) is 7.97. The number of carbonyl (C=O) groups is 1. The zero-order chi connectivity index (χ0) is 18.5. The lowest BCUT2D eigenvalue weighted by Crippen LogP contribution is -2.27. The highest BCUT2D eigenvalue weighted by Gasteiger charge is 2.18. The van der Waals surface area contributed by atoms with Crippen LogP contribution in [0.15, 0.2) is 66.9 Å². The molecule has 0 unspecified atom stereocenters. The molecule has 0 saturated heterocycles. The molecule has 6 heteroatoms. The molecule has 3 aromatic rings. The third kappa shape index (κ3) is 4.22. The lowest BCUT2D eigenvalue weighted by Gasteiger charge is -2.16. The van der Waals surface area contributed by atoms with Crippen molar-refractivity contribution < 1.29 is 18.3 Å². The number of benzene rings is 2. The van der Waals surface area contributed by atoms with Crippen molar-refractivity contribution in [1.29, 1.82) is 0 Å². The van der Waals surface area contributed by atoms with Gasteiger partial charge in [-0.1, -0.05) is 30.3 Å². The summed E-state index contributed by atoms with van der Waals surface area (Å²) >= 11 is 0. The van der Waals surface area contributed by atoms with Gasteiger partial charge in [0.2, 0.25) is 5.88 Å². The average molecular weight is 354 g/mol. The molecular formula is C20H16F2N2O2. The molecule has 2 aromatic carbocycles. The quantitative estimate of drug-likeness (QED) is 0.726. The monoisotopic (exact) mass is 354 g/mol. The van der Waals surface area contributed by atoms with Crippen molar-refractivity contribution in [2.24, 2.45) is 0 Å². The van der Waals surface area contributed by atoms with E-state index in [0.29, 0.717) is 0 Å². The van der Waals surface area contributed by atoms with E-state index in [-0.39, 0.29) is 23.2 Å². The molecule has 0 radical (unpaired) electrons. The highest BCUT2D eigenvalue weighted by atomic mass is 19.1. The molecule has 3 rings (SSSR count). The van der Waals surface area contributed by atoms with E-state index >= 15 is 0 Å². The molecule has 0 aliphatic heterocycles. The topological polar surface area (TPSA) is 51.2 Å². The Hall–Kier alpha value is -3.28. The molecular weight excluding hydrogens is 338 g/mol. The van der Waals surface area contributed by atoms with E-state index in [1.165, 1.54) is 24.3 Å². The Morgan fingerprint density at radius 3 is 2.42 bits per heavy atom. The number of hydrogen-bond donors (Lipinski definition) is 1. The minimum absolute atomic E-state index is 0.0443. The molecule has 1 amide bonds. The van der Waals surface area contributed by atoms with Gasteiger partial charge < -0.3 is 10.1 Å². The number of amides is 1. The highest BCUT2D eigenvalue weighted by molar-refractivity contribution is 5.96. The van der Waals surface area contributed by atoms with Crippen LogP contribution >= 0.6 is 0 Å². The molecule has 0 fully saturated rings. The first kappa shape index (κ1) is 17.5. The number of nitrogens with zero attached hydrogens (tertiary/aromatic N) is 1. The first-order valence-electron chi connectivity index (χ1n) is 7.97. The molecule has 4 nitrogen and oxygen atoms in total. The van der Waals surface area contributed by atoms with Gasteiger partial charge in [-0.15, -0.1) is 0 Å². The average Bonchev–Trinajstić information content (AvgIpc) is 2.65. The molecule has 0 aliphatic rings. The van der Waals surface area contributed by atoms with Gasteiger partial charge in [0.25, 0.3) is 5.91 Å². The number of rotatable bonds is 5. The number of ether oxygens (including phenoxy) is 1. The van der Waals surface area contributed by atoms with Crippen LogP contribution in [0.3, 0.4) is 0 Å². The van der Waals surface area contributed by atoms with Gasteiger partial charge in [-0.05, 0) is 42.8 Å². The maximum atomic E-state index is 13.6. The summed E-state index contributed by atoms with van der Waals surface area (Å²) in [6, 6.07) is 15.4. The van der Waals surface area contributed by atoms with Crippen LogP contribution in [0.4, 0.5) is 8.78 Å². The van der Waals surface area contributed by atoms with Gasteiger partial charge in [-0.25, -0.2) is 13.8 Å². The second-order valence-corrected chi connectivity index (χ2v) is 5.67. The zero-order valence-electron chi connectivity index (χ0n) is 13.9. The van der Waals surface area contributed by atoms with Crippen LogP contribution in [0.5, 0.6) is 11.6 Å². The number of hydrogen-bond acceptors (Lipinski definition) is 3. The third-order valence-electron chi connectivity index (χ3n) is 3.74. The van der Waals surface area contributed by atoms with E-state index in [9.17, 15) is 13.6 Å². The Bertz CT molecular complexity index is 899. The van der Waals surface area contributed by atoms with Crippen LogP contribution in [-0.2, 0) is 0 Å². The Morgan fingerprint density at radius 2 is 1.73 bits per heavy atom. The summed E-state index contributed by atoms with van der Waals surface area (Å²) in [6.07, 6.45) is 0.955. The van der Waals surface area contributed by atoms with Crippen molar-refractivity contribution in [3.8, 4) is 11.6 Å². The predicted molar refractivity (Wildman–Crippen MR) is 93.0 cm³/mol. The van der Waals surface area contributed by atoms with Gasteiger partial charge in [0.05, 0.1) is 12.2 Å². The number of halogens is 2. The summed E-state index contributed by atoms with van der Waals surface area (Å²) in [7, 11) is 0. The van der Waals surface area contributed by atoms with Crippen LogP contribution in [0.2, 0.25) is 0 Å². The molecule has 0 aliphatic carbocycles. The van der Waals surface area contributed by atoms with Crippen molar-refractivity contribution in [1.82, 2.24) is 10.3 Å². The van der Waals surface area contributed by atoms with E-state index in [0.717, 1.165) is 17.8 Å². The minimum Gasteiger partial charge on any atom is -0.438 e. The second-order valence-electron chi connectivity index (χ2n) is 5.67. The standard InChI is InChI=1S/C20H16F2N2O2/c1-13(14-5-3-2-4-6-14)24-19(25)18-11-16(22)12-23-20(18)26-17-9-7-15(21)8-10-17/h2-13H,1H3,(H,24,25)/t13-/m0/s1. The van der Waals surface area contributed by atoms with Crippen LogP contribution in [0.1, 0.15) is 28.9 Å². The number of aromatic nitrogens is 1. The Morgan fingerprint density at radius 1 is 1.04 bits per heavy atom. The fraction of sp³-hybridized carbons (Fsp3) is 0.100. The van der Waals surface area contributed by atoms with Gasteiger partial charge in [-0.2, -0.15) is 0 Å². The lowest BCUT2D eigenvalue weighted by atomic mass is 10.1. The van der Waals surface area contributed by atoms with Crippen LogP contribution < -0.4 is 10.1 Å². The molecule has 1 aromatic heterocycles. The fourth-order valence-corrected chi connectivity index (χ4v) is 2.38. The number of pyridine rings is 1. The summed E-state index contributed by atoms with van der Waals surface area (Å²) in [4.78, 5) is 16.4. The Kier molecular flexibility index (Phi) is 5.22. The first-order chi connectivity index (χ1) is 12.5. The molecule has 0 saturated carbocycles. The summed E-state index contributed by atoms with van der Waals surface area (Å²) in [5, 5.41) is 2.79. The van der Waals surface area contributed by atoms with E-state index in [2.05, 4.69) is 10.3 Å². The van der Waals surface area contributed by atoms with Crippen molar-refractivity contribution in [3.05, 3.63) is 89.6 Å². The zero-order valence-corrected chi connectivity index (χ0v) is 13.9. The summed E-state index contributed by atoms with van der Waals surface area (Å²) in [5.41, 5.74) is 0.864. The largest absolute Gasteiger partial charge is 0.438 e. The highest BCUT2D eigenvalue weighted by Crippen LogP contribution is 2.24. The van der Waals surface area contributed by atoms with Gasteiger partial charge in [0.1, 0.15) is 22.9 Å². The SMILES string of the molecule is C[C@H](NC(=O)c1cc(F)cnc1Oc1ccc(F)cc1)c1ccccc1. The summed E-state index contributed by atoms with van der Waals surface area (Å²) < 4.78 is 32.1. The van der Waals surface area contributed by atoms with Crippen LogP contribution in [-0.4, -0.2) is 10.9 Å². The summed E-state index contributed by atoms with van der Waals surface area (Å²) in [6.45, 7) is 1.82. The third-order valence-corrected chi connectivity index (χ3v) is 3.74. The Balaban J connectivity index is 1.82. The minimum atomic E-state index is -0.658. The molecule has 1 atom stereocenters. The maximum absolute atomic E-state index is 13.6. The molecule has 1 N–H and O–H groups in total. The van der Waals surface area contributed by atoms with Gasteiger partial charge in [-0.3, -0.25) is 4.79 Å². The predicted octanol–water partition coefficient (Wildman–Crippen LogP) is 4.64. The Labute approximate surface area is 149 Å². The molecule has 1 heterocycles.